The van der Waals surface area contributed by atoms with E-state index in [1.54, 1.807) is 10.8 Å². The number of hydrogen-bond acceptors (Lipinski definition) is 5. The van der Waals surface area contributed by atoms with Crippen molar-refractivity contribution < 1.29 is 4.79 Å². The SMILES string of the molecule is O=C(CSc1nc(=O)n(Cc2ccccn2)c2c1CCCC2)NCCc1ccccc1. The summed E-state index contributed by atoms with van der Waals surface area (Å²) in [6, 6.07) is 15.8. The van der Waals surface area contributed by atoms with Crippen molar-refractivity contribution in [2.45, 2.75) is 43.7 Å². The number of nitrogens with zero attached hydrogens (tertiary/aromatic N) is 3. The summed E-state index contributed by atoms with van der Waals surface area (Å²) in [5, 5.41) is 3.66. The van der Waals surface area contributed by atoms with E-state index in [0.29, 0.717) is 18.1 Å². The van der Waals surface area contributed by atoms with Crippen molar-refractivity contribution in [3.8, 4) is 0 Å². The van der Waals surface area contributed by atoms with E-state index < -0.39 is 0 Å². The number of fused-ring (bicyclic) bond motifs is 1. The van der Waals surface area contributed by atoms with Gasteiger partial charge in [-0.25, -0.2) is 4.79 Å². The molecule has 0 aliphatic heterocycles. The van der Waals surface area contributed by atoms with E-state index in [1.807, 2.05) is 36.4 Å². The zero-order valence-electron chi connectivity index (χ0n) is 17.4. The Labute approximate surface area is 186 Å². The Morgan fingerprint density at radius 2 is 1.87 bits per heavy atom. The fraction of sp³-hybridized carbons (Fsp3) is 0.333. The van der Waals surface area contributed by atoms with Gasteiger partial charge in [0.15, 0.2) is 0 Å². The third-order valence-corrected chi connectivity index (χ3v) is 6.43. The van der Waals surface area contributed by atoms with Gasteiger partial charge in [0.2, 0.25) is 5.91 Å². The van der Waals surface area contributed by atoms with Crippen molar-refractivity contribution in [3.05, 3.63) is 87.7 Å². The zero-order chi connectivity index (χ0) is 21.5. The monoisotopic (exact) mass is 434 g/mol. The number of carbonyl (C=O) groups excluding carboxylic acids is 1. The van der Waals surface area contributed by atoms with Crippen LogP contribution in [0.2, 0.25) is 0 Å². The van der Waals surface area contributed by atoms with Gasteiger partial charge in [-0.3, -0.25) is 14.3 Å². The molecule has 1 aliphatic carbocycles. The molecule has 0 unspecified atom stereocenters. The van der Waals surface area contributed by atoms with Crippen LogP contribution < -0.4 is 11.0 Å². The van der Waals surface area contributed by atoms with Crippen molar-refractivity contribution >= 4 is 17.7 Å². The Kier molecular flexibility index (Phi) is 7.14. The molecule has 1 aliphatic rings. The average Bonchev–Trinajstić information content (AvgIpc) is 2.81. The first-order chi connectivity index (χ1) is 15.2. The maximum Gasteiger partial charge on any atom is 0.349 e. The predicted molar refractivity (Wildman–Crippen MR) is 122 cm³/mol. The maximum atomic E-state index is 12.8. The van der Waals surface area contributed by atoms with E-state index in [4.69, 9.17) is 0 Å². The Morgan fingerprint density at radius 1 is 1.06 bits per heavy atom. The summed E-state index contributed by atoms with van der Waals surface area (Å²) < 4.78 is 1.75. The largest absolute Gasteiger partial charge is 0.355 e. The lowest BCUT2D eigenvalue weighted by Crippen LogP contribution is -2.31. The van der Waals surface area contributed by atoms with Crippen molar-refractivity contribution in [2.24, 2.45) is 0 Å². The van der Waals surface area contributed by atoms with Crippen molar-refractivity contribution in [2.75, 3.05) is 12.3 Å². The van der Waals surface area contributed by atoms with Crippen molar-refractivity contribution in [1.29, 1.82) is 0 Å². The number of amides is 1. The fourth-order valence-electron chi connectivity index (χ4n) is 3.86. The molecule has 0 radical (unpaired) electrons. The number of nitrogens with one attached hydrogen (secondary N) is 1. The van der Waals surface area contributed by atoms with Gasteiger partial charge in [-0.15, -0.1) is 0 Å². The Balaban J connectivity index is 1.42. The number of carbonyl (C=O) groups is 1. The summed E-state index contributed by atoms with van der Waals surface area (Å²) in [6.07, 6.45) is 6.42. The van der Waals surface area contributed by atoms with Crippen LogP contribution >= 0.6 is 11.8 Å². The Bertz CT molecular complexity index is 1080. The van der Waals surface area contributed by atoms with E-state index in [0.717, 1.165) is 49.1 Å². The maximum absolute atomic E-state index is 12.8. The molecule has 0 atom stereocenters. The van der Waals surface area contributed by atoms with Crippen LogP contribution in [0.1, 0.15) is 35.4 Å². The second kappa shape index (κ2) is 10.4. The molecule has 0 bridgehead atoms. The van der Waals surface area contributed by atoms with Crippen LogP contribution in [-0.4, -0.2) is 32.7 Å². The molecule has 7 heteroatoms. The number of aromatic nitrogens is 3. The van der Waals surface area contributed by atoms with Gasteiger partial charge in [0.25, 0.3) is 0 Å². The number of benzene rings is 1. The topological polar surface area (TPSA) is 76.9 Å². The first-order valence-corrected chi connectivity index (χ1v) is 11.6. The molecule has 6 nitrogen and oxygen atoms in total. The molecule has 160 valence electrons. The molecule has 31 heavy (non-hydrogen) atoms. The smallest absolute Gasteiger partial charge is 0.349 e. The van der Waals surface area contributed by atoms with Gasteiger partial charge >= 0.3 is 5.69 Å². The van der Waals surface area contributed by atoms with Crippen LogP contribution in [0.3, 0.4) is 0 Å². The second-order valence-electron chi connectivity index (χ2n) is 7.61. The lowest BCUT2D eigenvalue weighted by atomic mass is 9.97. The normalized spacial score (nSPS) is 12.9. The van der Waals surface area contributed by atoms with Crippen LogP contribution in [0, 0.1) is 0 Å². The molecular weight excluding hydrogens is 408 g/mol. The summed E-state index contributed by atoms with van der Waals surface area (Å²) in [5.41, 5.74) is 3.94. The molecular formula is C24H26N4O2S. The summed E-state index contributed by atoms with van der Waals surface area (Å²) in [5.74, 6) is 0.225. The molecule has 3 aromatic rings. The number of rotatable bonds is 8. The van der Waals surface area contributed by atoms with Crippen LogP contribution in [0.15, 0.2) is 64.5 Å². The van der Waals surface area contributed by atoms with Crippen LogP contribution in [0.4, 0.5) is 0 Å². The number of hydrogen-bond donors (Lipinski definition) is 1. The minimum atomic E-state index is -0.265. The summed E-state index contributed by atoms with van der Waals surface area (Å²) in [7, 11) is 0. The molecule has 1 aromatic carbocycles. The van der Waals surface area contributed by atoms with Crippen LogP contribution in [0.5, 0.6) is 0 Å². The second-order valence-corrected chi connectivity index (χ2v) is 8.58. The molecule has 0 saturated heterocycles. The van der Waals surface area contributed by atoms with Gasteiger partial charge in [0.1, 0.15) is 5.03 Å². The highest BCUT2D eigenvalue weighted by Crippen LogP contribution is 2.28. The van der Waals surface area contributed by atoms with Gasteiger partial charge in [-0.2, -0.15) is 4.98 Å². The molecule has 1 amide bonds. The average molecular weight is 435 g/mol. The van der Waals surface area contributed by atoms with Gasteiger partial charge < -0.3 is 5.32 Å². The van der Waals surface area contributed by atoms with Crippen LogP contribution in [0.25, 0.3) is 0 Å². The van der Waals surface area contributed by atoms with Crippen molar-refractivity contribution in [1.82, 2.24) is 19.9 Å². The molecule has 0 saturated carbocycles. The highest BCUT2D eigenvalue weighted by Gasteiger charge is 2.21. The van der Waals surface area contributed by atoms with Crippen molar-refractivity contribution in [3.63, 3.8) is 0 Å². The van der Waals surface area contributed by atoms with Gasteiger partial charge in [0.05, 0.1) is 18.0 Å². The van der Waals surface area contributed by atoms with Gasteiger partial charge in [0, 0.05) is 24.0 Å². The third kappa shape index (κ3) is 5.61. The summed E-state index contributed by atoms with van der Waals surface area (Å²) in [4.78, 5) is 33.8. The lowest BCUT2D eigenvalue weighted by molar-refractivity contribution is -0.118. The highest BCUT2D eigenvalue weighted by molar-refractivity contribution is 7.99. The zero-order valence-corrected chi connectivity index (χ0v) is 18.2. The van der Waals surface area contributed by atoms with Gasteiger partial charge in [-0.05, 0) is 49.8 Å². The fourth-order valence-corrected chi connectivity index (χ4v) is 4.77. The van der Waals surface area contributed by atoms with Crippen LogP contribution in [-0.2, 0) is 30.6 Å². The number of pyridine rings is 1. The summed E-state index contributed by atoms with van der Waals surface area (Å²) in [6.45, 7) is 1.03. The van der Waals surface area contributed by atoms with E-state index >= 15 is 0 Å². The minimum absolute atomic E-state index is 0.0371. The molecule has 2 aromatic heterocycles. The minimum Gasteiger partial charge on any atom is -0.355 e. The summed E-state index contributed by atoms with van der Waals surface area (Å²) >= 11 is 1.37. The quantitative estimate of drug-likeness (QED) is 0.436. The first kappa shape index (κ1) is 21.3. The Hall–Kier alpha value is -2.93. The van der Waals surface area contributed by atoms with E-state index in [9.17, 15) is 9.59 Å². The molecule has 2 heterocycles. The number of thioether (sulfide) groups is 1. The standard InChI is InChI=1S/C24H26N4O2S/c29-22(26-15-13-18-8-2-1-3-9-18)17-31-23-20-11-4-5-12-21(20)28(24(30)27-23)16-19-10-6-7-14-25-19/h1-3,6-10,14H,4-5,11-13,15-17H2,(H,26,29). The molecule has 4 rings (SSSR count). The Morgan fingerprint density at radius 3 is 2.68 bits per heavy atom. The van der Waals surface area contributed by atoms with E-state index in [1.165, 1.54) is 17.3 Å². The third-order valence-electron chi connectivity index (χ3n) is 5.42. The van der Waals surface area contributed by atoms with Gasteiger partial charge in [-0.1, -0.05) is 48.2 Å². The molecule has 1 N–H and O–H groups in total. The van der Waals surface area contributed by atoms with E-state index in [2.05, 4.69) is 27.4 Å². The van der Waals surface area contributed by atoms with E-state index in [-0.39, 0.29) is 17.3 Å². The first-order valence-electron chi connectivity index (χ1n) is 10.7. The highest BCUT2D eigenvalue weighted by atomic mass is 32.2. The molecule has 0 fully saturated rings. The molecule has 0 spiro atoms. The lowest BCUT2D eigenvalue weighted by Gasteiger charge is -2.22. The predicted octanol–water partition coefficient (Wildman–Crippen LogP) is 3.02.